The Hall–Kier alpha value is -0.540. The fourth-order valence-corrected chi connectivity index (χ4v) is 3.25. The molecule has 2 atom stereocenters. The molecule has 1 amide bonds. The minimum Gasteiger partial charge on any atom is -0.348 e. The Morgan fingerprint density at radius 2 is 2.11 bits per heavy atom. The van der Waals surface area contributed by atoms with Gasteiger partial charge >= 0.3 is 0 Å². The van der Waals surface area contributed by atoms with E-state index in [4.69, 9.17) is 11.6 Å². The second-order valence-corrected chi connectivity index (χ2v) is 6.37. The van der Waals surface area contributed by atoms with Gasteiger partial charge in [-0.3, -0.25) is 4.79 Å². The van der Waals surface area contributed by atoms with E-state index in [-0.39, 0.29) is 11.9 Å². The van der Waals surface area contributed by atoms with Crippen molar-refractivity contribution in [3.63, 3.8) is 0 Å². The van der Waals surface area contributed by atoms with Gasteiger partial charge in [0.15, 0.2) is 0 Å². The Morgan fingerprint density at radius 3 is 2.83 bits per heavy atom. The number of hydrogen-bond acceptors (Lipinski definition) is 1. The molecule has 0 radical (unpaired) electrons. The van der Waals surface area contributed by atoms with Crippen LogP contribution >= 0.6 is 27.5 Å². The van der Waals surface area contributed by atoms with Crippen molar-refractivity contribution in [2.24, 2.45) is 0 Å². The van der Waals surface area contributed by atoms with Gasteiger partial charge in [-0.05, 0) is 31.4 Å². The maximum Gasteiger partial charge on any atom is 0.253 e. The summed E-state index contributed by atoms with van der Waals surface area (Å²) in [4.78, 5) is 12.6. The van der Waals surface area contributed by atoms with E-state index < -0.39 is 0 Å². The lowest BCUT2D eigenvalue weighted by molar-refractivity contribution is 0.0930. The number of benzene rings is 1. The Kier molecular flexibility index (Phi) is 4.68. The Bertz CT molecular complexity index is 449. The van der Waals surface area contributed by atoms with E-state index in [1.807, 2.05) is 19.1 Å². The first kappa shape index (κ1) is 13.9. The first-order chi connectivity index (χ1) is 8.59. The molecular formula is C14H17BrClNO. The summed E-state index contributed by atoms with van der Waals surface area (Å²) in [6.07, 6.45) is 4.56. The van der Waals surface area contributed by atoms with Gasteiger partial charge in [-0.15, -0.1) is 0 Å². The van der Waals surface area contributed by atoms with Crippen molar-refractivity contribution in [2.45, 2.75) is 43.5 Å². The molecule has 1 aromatic rings. The summed E-state index contributed by atoms with van der Waals surface area (Å²) in [5.41, 5.74) is 1.50. The highest BCUT2D eigenvalue weighted by atomic mass is 79.9. The predicted molar refractivity (Wildman–Crippen MR) is 78.6 cm³/mol. The molecule has 98 valence electrons. The zero-order chi connectivity index (χ0) is 13.1. The average Bonchev–Trinajstić information content (AvgIpc) is 2.35. The quantitative estimate of drug-likeness (QED) is 0.813. The van der Waals surface area contributed by atoms with Crippen molar-refractivity contribution in [3.8, 4) is 0 Å². The molecule has 0 aliphatic heterocycles. The normalized spacial score (nSPS) is 23.7. The molecule has 0 saturated heterocycles. The molecule has 1 aromatic carbocycles. The zero-order valence-corrected chi connectivity index (χ0v) is 12.7. The van der Waals surface area contributed by atoms with Gasteiger partial charge in [0.05, 0.1) is 10.6 Å². The number of amides is 1. The number of hydrogen-bond donors (Lipinski definition) is 1. The van der Waals surface area contributed by atoms with E-state index >= 15 is 0 Å². The second kappa shape index (κ2) is 6.07. The van der Waals surface area contributed by atoms with E-state index in [0.29, 0.717) is 15.4 Å². The molecule has 1 fully saturated rings. The lowest BCUT2D eigenvalue weighted by Crippen LogP contribution is -2.42. The molecule has 1 saturated carbocycles. The van der Waals surface area contributed by atoms with E-state index in [1.54, 1.807) is 6.07 Å². The van der Waals surface area contributed by atoms with Crippen LogP contribution < -0.4 is 5.32 Å². The smallest absolute Gasteiger partial charge is 0.253 e. The molecule has 0 bridgehead atoms. The third kappa shape index (κ3) is 3.07. The molecular weight excluding hydrogens is 314 g/mol. The minimum atomic E-state index is -0.0694. The fourth-order valence-electron chi connectivity index (χ4n) is 2.32. The highest BCUT2D eigenvalue weighted by Gasteiger charge is 2.25. The number of rotatable bonds is 2. The van der Waals surface area contributed by atoms with Gasteiger partial charge in [0.1, 0.15) is 0 Å². The Labute approximate surface area is 121 Å². The SMILES string of the molecule is Cc1cccc(C(=O)NC2CCCCC2Br)c1Cl. The molecule has 4 heteroatoms. The van der Waals surface area contributed by atoms with E-state index in [0.717, 1.165) is 18.4 Å². The van der Waals surface area contributed by atoms with E-state index in [2.05, 4.69) is 21.2 Å². The summed E-state index contributed by atoms with van der Waals surface area (Å²) in [5, 5.41) is 3.64. The van der Waals surface area contributed by atoms with Crippen LogP contribution in [0.15, 0.2) is 18.2 Å². The van der Waals surface area contributed by atoms with Crippen LogP contribution in [0.5, 0.6) is 0 Å². The third-order valence-corrected chi connectivity index (χ3v) is 5.03. The van der Waals surface area contributed by atoms with E-state index in [1.165, 1.54) is 12.8 Å². The fraction of sp³-hybridized carbons (Fsp3) is 0.500. The zero-order valence-electron chi connectivity index (χ0n) is 10.4. The number of carbonyl (C=O) groups excluding carboxylic acids is 1. The van der Waals surface area contributed by atoms with Crippen LogP contribution in [-0.2, 0) is 0 Å². The number of nitrogens with one attached hydrogen (secondary N) is 1. The molecule has 2 nitrogen and oxygen atoms in total. The standard InChI is InChI=1S/C14H17BrClNO/c1-9-5-4-6-10(13(9)16)14(18)17-12-8-3-2-7-11(12)15/h4-6,11-12H,2-3,7-8H2,1H3,(H,17,18). The molecule has 0 heterocycles. The maximum absolute atomic E-state index is 12.2. The van der Waals surface area contributed by atoms with Crippen LogP contribution in [0.1, 0.15) is 41.6 Å². The van der Waals surface area contributed by atoms with Crippen molar-refractivity contribution >= 4 is 33.4 Å². The highest BCUT2D eigenvalue weighted by Crippen LogP contribution is 2.26. The predicted octanol–water partition coefficient (Wildman–Crippen LogP) is 4.08. The van der Waals surface area contributed by atoms with Gasteiger partial charge in [0.2, 0.25) is 0 Å². The summed E-state index contributed by atoms with van der Waals surface area (Å²) >= 11 is 9.81. The van der Waals surface area contributed by atoms with Crippen LogP contribution in [0, 0.1) is 6.92 Å². The minimum absolute atomic E-state index is 0.0694. The lowest BCUT2D eigenvalue weighted by Gasteiger charge is -2.28. The Morgan fingerprint density at radius 1 is 1.39 bits per heavy atom. The van der Waals surface area contributed by atoms with Crippen molar-refractivity contribution < 1.29 is 4.79 Å². The maximum atomic E-state index is 12.2. The van der Waals surface area contributed by atoms with Crippen LogP contribution in [0.3, 0.4) is 0 Å². The largest absolute Gasteiger partial charge is 0.348 e. The van der Waals surface area contributed by atoms with Crippen LogP contribution in [0.25, 0.3) is 0 Å². The first-order valence-electron chi connectivity index (χ1n) is 6.29. The van der Waals surface area contributed by atoms with Gasteiger partial charge in [0.25, 0.3) is 5.91 Å². The summed E-state index contributed by atoms with van der Waals surface area (Å²) in [6.45, 7) is 1.91. The lowest BCUT2D eigenvalue weighted by atomic mass is 9.95. The van der Waals surface area contributed by atoms with Gasteiger partial charge < -0.3 is 5.32 Å². The molecule has 2 unspecified atom stereocenters. The number of carbonyl (C=O) groups is 1. The van der Waals surface area contributed by atoms with Crippen LogP contribution in [-0.4, -0.2) is 16.8 Å². The van der Waals surface area contributed by atoms with E-state index in [9.17, 15) is 4.79 Å². The Balaban J connectivity index is 2.09. The molecule has 2 rings (SSSR count). The van der Waals surface area contributed by atoms with Crippen LogP contribution in [0.4, 0.5) is 0 Å². The third-order valence-electron chi connectivity index (χ3n) is 3.43. The molecule has 0 spiro atoms. The van der Waals surface area contributed by atoms with Gasteiger partial charge in [-0.25, -0.2) is 0 Å². The highest BCUT2D eigenvalue weighted by molar-refractivity contribution is 9.09. The number of aryl methyl sites for hydroxylation is 1. The topological polar surface area (TPSA) is 29.1 Å². The molecule has 1 N–H and O–H groups in total. The first-order valence-corrected chi connectivity index (χ1v) is 7.59. The van der Waals surface area contributed by atoms with Crippen molar-refractivity contribution in [1.82, 2.24) is 5.32 Å². The molecule has 18 heavy (non-hydrogen) atoms. The van der Waals surface area contributed by atoms with Gasteiger partial charge in [0, 0.05) is 10.9 Å². The molecule has 1 aliphatic carbocycles. The molecule has 0 aromatic heterocycles. The van der Waals surface area contributed by atoms with Crippen molar-refractivity contribution in [3.05, 3.63) is 34.3 Å². The molecule has 1 aliphatic rings. The number of halogens is 2. The average molecular weight is 331 g/mol. The summed E-state index contributed by atoms with van der Waals surface area (Å²) < 4.78 is 0. The van der Waals surface area contributed by atoms with Gasteiger partial charge in [-0.1, -0.05) is 52.5 Å². The monoisotopic (exact) mass is 329 g/mol. The summed E-state index contributed by atoms with van der Waals surface area (Å²) in [6, 6.07) is 5.76. The second-order valence-electron chi connectivity index (χ2n) is 4.82. The summed E-state index contributed by atoms with van der Waals surface area (Å²) in [5.74, 6) is -0.0694. The van der Waals surface area contributed by atoms with Crippen LogP contribution in [0.2, 0.25) is 5.02 Å². The van der Waals surface area contributed by atoms with Crippen molar-refractivity contribution in [2.75, 3.05) is 0 Å². The number of alkyl halides is 1. The van der Waals surface area contributed by atoms with Crippen molar-refractivity contribution in [1.29, 1.82) is 0 Å². The summed E-state index contributed by atoms with van der Waals surface area (Å²) in [7, 11) is 0. The van der Waals surface area contributed by atoms with Gasteiger partial charge in [-0.2, -0.15) is 0 Å².